The highest BCUT2D eigenvalue weighted by atomic mass is 16.6. The van der Waals surface area contributed by atoms with Gasteiger partial charge in [-0.25, -0.2) is 0 Å². The van der Waals surface area contributed by atoms with Crippen LogP contribution >= 0.6 is 0 Å². The Labute approximate surface area is 140 Å². The molecule has 0 saturated carbocycles. The summed E-state index contributed by atoms with van der Waals surface area (Å²) in [7, 11) is 0. The first-order valence-electron chi connectivity index (χ1n) is 8.70. The van der Waals surface area contributed by atoms with E-state index in [4.69, 9.17) is 4.74 Å². The van der Waals surface area contributed by atoms with E-state index in [1.807, 2.05) is 26.0 Å². The maximum atomic E-state index is 12.3. The van der Waals surface area contributed by atoms with Gasteiger partial charge in [0.25, 0.3) is 0 Å². The average molecular weight is 317 g/mol. The van der Waals surface area contributed by atoms with Gasteiger partial charge in [0.05, 0.1) is 6.42 Å². The monoisotopic (exact) mass is 317 g/mol. The summed E-state index contributed by atoms with van der Waals surface area (Å²) in [5.74, 6) is 0.313. The zero-order chi connectivity index (χ0) is 17.1. The summed E-state index contributed by atoms with van der Waals surface area (Å²) < 4.78 is 5.81. The van der Waals surface area contributed by atoms with Crippen LogP contribution in [0.2, 0.25) is 0 Å². The van der Waals surface area contributed by atoms with E-state index in [1.54, 1.807) is 0 Å². The van der Waals surface area contributed by atoms with E-state index in [0.29, 0.717) is 12.3 Å². The highest BCUT2D eigenvalue weighted by Gasteiger charge is 2.34. The first-order valence-corrected chi connectivity index (χ1v) is 8.70. The standard InChI is InChI=1S/C20H31NO2/c1-19(2,3)16-8-6-15(7-9-16)14-18(22)23-20(4,5)17-10-12-21-13-11-17/h6-9,17,21H,10-14H2,1-5H3. The van der Waals surface area contributed by atoms with E-state index >= 15 is 0 Å². The molecule has 1 fully saturated rings. The van der Waals surface area contributed by atoms with Gasteiger partial charge < -0.3 is 10.1 Å². The molecule has 1 aromatic rings. The maximum absolute atomic E-state index is 12.3. The van der Waals surface area contributed by atoms with Gasteiger partial charge >= 0.3 is 5.97 Å². The number of carbonyl (C=O) groups excluding carboxylic acids is 1. The summed E-state index contributed by atoms with van der Waals surface area (Å²) in [6, 6.07) is 8.31. The topological polar surface area (TPSA) is 38.3 Å². The van der Waals surface area contributed by atoms with Crippen LogP contribution in [0.25, 0.3) is 0 Å². The highest BCUT2D eigenvalue weighted by Crippen LogP contribution is 2.29. The zero-order valence-corrected chi connectivity index (χ0v) is 15.2. The van der Waals surface area contributed by atoms with Crippen LogP contribution in [0, 0.1) is 5.92 Å². The molecule has 0 aliphatic carbocycles. The van der Waals surface area contributed by atoms with Gasteiger partial charge in [-0.2, -0.15) is 0 Å². The van der Waals surface area contributed by atoms with Crippen molar-refractivity contribution in [1.29, 1.82) is 0 Å². The fraction of sp³-hybridized carbons (Fsp3) is 0.650. The fourth-order valence-corrected chi connectivity index (χ4v) is 3.22. The minimum Gasteiger partial charge on any atom is -0.459 e. The number of benzene rings is 1. The lowest BCUT2D eigenvalue weighted by molar-refractivity contribution is -0.161. The van der Waals surface area contributed by atoms with Crippen molar-refractivity contribution < 1.29 is 9.53 Å². The molecule has 0 amide bonds. The van der Waals surface area contributed by atoms with E-state index in [2.05, 4.69) is 38.2 Å². The lowest BCUT2D eigenvalue weighted by atomic mass is 9.83. The first-order chi connectivity index (χ1) is 10.7. The Kier molecular flexibility index (Phi) is 5.51. The van der Waals surface area contributed by atoms with Crippen molar-refractivity contribution in [3.05, 3.63) is 35.4 Å². The van der Waals surface area contributed by atoms with Crippen LogP contribution in [0.3, 0.4) is 0 Å². The van der Waals surface area contributed by atoms with Crippen molar-refractivity contribution in [2.45, 2.75) is 64.9 Å². The molecule has 1 aromatic carbocycles. The van der Waals surface area contributed by atoms with Gasteiger partial charge in [-0.05, 0) is 56.3 Å². The van der Waals surface area contributed by atoms with Gasteiger partial charge in [0.15, 0.2) is 0 Å². The van der Waals surface area contributed by atoms with Crippen LogP contribution in [0.15, 0.2) is 24.3 Å². The number of carbonyl (C=O) groups is 1. The molecule has 0 radical (unpaired) electrons. The van der Waals surface area contributed by atoms with Gasteiger partial charge in [-0.3, -0.25) is 4.79 Å². The summed E-state index contributed by atoms with van der Waals surface area (Å²) in [5.41, 5.74) is 2.05. The number of esters is 1. The number of hydrogen-bond acceptors (Lipinski definition) is 3. The van der Waals surface area contributed by atoms with E-state index in [1.165, 1.54) is 5.56 Å². The van der Waals surface area contributed by atoms with Crippen molar-refractivity contribution in [1.82, 2.24) is 5.32 Å². The van der Waals surface area contributed by atoms with E-state index < -0.39 is 0 Å². The predicted octanol–water partition coefficient (Wildman–Crippen LogP) is 3.85. The summed E-state index contributed by atoms with van der Waals surface area (Å²) in [5, 5.41) is 3.36. The third-order valence-corrected chi connectivity index (χ3v) is 4.87. The van der Waals surface area contributed by atoms with Crippen LogP contribution in [0.1, 0.15) is 58.6 Å². The first kappa shape index (κ1) is 18.0. The molecule has 0 atom stereocenters. The van der Waals surface area contributed by atoms with Crippen LogP contribution in [-0.4, -0.2) is 24.7 Å². The smallest absolute Gasteiger partial charge is 0.310 e. The molecule has 3 heteroatoms. The Morgan fingerprint density at radius 2 is 1.65 bits per heavy atom. The maximum Gasteiger partial charge on any atom is 0.310 e. The molecule has 1 heterocycles. The van der Waals surface area contributed by atoms with Crippen LogP contribution in [0.4, 0.5) is 0 Å². The second-order valence-electron chi connectivity index (χ2n) is 8.23. The molecular formula is C20H31NO2. The molecule has 1 saturated heterocycles. The van der Waals surface area contributed by atoms with E-state index in [9.17, 15) is 4.79 Å². The second kappa shape index (κ2) is 7.04. The minimum atomic E-state index is -0.384. The molecule has 128 valence electrons. The quantitative estimate of drug-likeness (QED) is 0.857. The normalized spacial score (nSPS) is 17.1. The summed E-state index contributed by atoms with van der Waals surface area (Å²) >= 11 is 0. The molecule has 2 rings (SSSR count). The van der Waals surface area contributed by atoms with Gasteiger partial charge in [0, 0.05) is 5.92 Å². The second-order valence-corrected chi connectivity index (χ2v) is 8.23. The van der Waals surface area contributed by atoms with Crippen LogP contribution in [-0.2, 0) is 21.4 Å². The lowest BCUT2D eigenvalue weighted by Gasteiger charge is -2.36. The molecule has 0 spiro atoms. The summed E-state index contributed by atoms with van der Waals surface area (Å²) in [6.07, 6.45) is 2.49. The van der Waals surface area contributed by atoms with Crippen LogP contribution in [0.5, 0.6) is 0 Å². The number of rotatable bonds is 4. The van der Waals surface area contributed by atoms with Gasteiger partial charge in [-0.15, -0.1) is 0 Å². The Bertz CT molecular complexity index is 520. The Balaban J connectivity index is 1.93. The van der Waals surface area contributed by atoms with Gasteiger partial charge in [-0.1, -0.05) is 45.0 Å². The number of ether oxygens (including phenoxy) is 1. The van der Waals surface area contributed by atoms with Crippen molar-refractivity contribution >= 4 is 5.97 Å². The Morgan fingerprint density at radius 1 is 1.09 bits per heavy atom. The number of piperidine rings is 1. The Hall–Kier alpha value is -1.35. The molecular weight excluding hydrogens is 286 g/mol. The average Bonchev–Trinajstić information content (AvgIpc) is 2.47. The molecule has 23 heavy (non-hydrogen) atoms. The lowest BCUT2D eigenvalue weighted by Crippen LogP contribution is -2.43. The molecule has 0 unspecified atom stereocenters. The SMILES string of the molecule is CC(C)(C)c1ccc(CC(=O)OC(C)(C)C2CCNCC2)cc1. The molecule has 1 N–H and O–H groups in total. The predicted molar refractivity (Wildman–Crippen MR) is 94.6 cm³/mol. The van der Waals surface area contributed by atoms with E-state index in [0.717, 1.165) is 31.5 Å². The van der Waals surface area contributed by atoms with Crippen molar-refractivity contribution in [2.75, 3.05) is 13.1 Å². The Morgan fingerprint density at radius 3 is 2.17 bits per heavy atom. The zero-order valence-electron chi connectivity index (χ0n) is 15.2. The molecule has 3 nitrogen and oxygen atoms in total. The molecule has 1 aliphatic heterocycles. The third-order valence-electron chi connectivity index (χ3n) is 4.87. The van der Waals surface area contributed by atoms with E-state index in [-0.39, 0.29) is 17.0 Å². The summed E-state index contributed by atoms with van der Waals surface area (Å²) in [4.78, 5) is 12.3. The molecule has 0 bridgehead atoms. The highest BCUT2D eigenvalue weighted by molar-refractivity contribution is 5.73. The minimum absolute atomic E-state index is 0.128. The van der Waals surface area contributed by atoms with Crippen molar-refractivity contribution in [2.24, 2.45) is 5.92 Å². The van der Waals surface area contributed by atoms with Crippen LogP contribution < -0.4 is 5.32 Å². The fourth-order valence-electron chi connectivity index (χ4n) is 3.22. The number of hydrogen-bond donors (Lipinski definition) is 1. The van der Waals surface area contributed by atoms with Crippen molar-refractivity contribution in [3.63, 3.8) is 0 Å². The summed E-state index contributed by atoms with van der Waals surface area (Å²) in [6.45, 7) is 12.7. The largest absolute Gasteiger partial charge is 0.459 e. The number of nitrogens with one attached hydrogen (secondary N) is 1. The van der Waals surface area contributed by atoms with Crippen molar-refractivity contribution in [3.8, 4) is 0 Å². The van der Waals surface area contributed by atoms with Gasteiger partial charge in [0.2, 0.25) is 0 Å². The third kappa shape index (κ3) is 5.07. The van der Waals surface area contributed by atoms with Gasteiger partial charge in [0.1, 0.15) is 5.60 Å². The molecule has 0 aromatic heterocycles. The molecule has 1 aliphatic rings.